The predicted molar refractivity (Wildman–Crippen MR) is 123 cm³/mol. The third kappa shape index (κ3) is 5.69. The molecule has 2 N–H and O–H groups in total. The summed E-state index contributed by atoms with van der Waals surface area (Å²) in [5.74, 6) is -1.75. The third-order valence-electron chi connectivity index (χ3n) is 4.75. The van der Waals surface area contributed by atoms with Crippen molar-refractivity contribution in [1.29, 1.82) is 0 Å². The first-order valence-electron chi connectivity index (χ1n) is 10.2. The predicted octanol–water partition coefficient (Wildman–Crippen LogP) is 3.71. The fourth-order valence-electron chi connectivity index (χ4n) is 2.98. The minimum absolute atomic E-state index is 0.0996. The zero-order valence-electron chi connectivity index (χ0n) is 18.1. The van der Waals surface area contributed by atoms with Crippen molar-refractivity contribution in [2.75, 3.05) is 4.47 Å². The van der Waals surface area contributed by atoms with Crippen LogP contribution in [0.1, 0.15) is 24.2 Å². The molecule has 9 heteroatoms. The first-order valence-corrected chi connectivity index (χ1v) is 11.6. The smallest absolute Gasteiger partial charge is 0.326 e. The zero-order chi connectivity index (χ0) is 24.0. The van der Waals surface area contributed by atoms with E-state index < -0.39 is 27.9 Å². The van der Waals surface area contributed by atoms with E-state index in [0.29, 0.717) is 11.4 Å². The van der Waals surface area contributed by atoms with Crippen molar-refractivity contribution in [1.82, 2.24) is 5.32 Å². The first-order chi connectivity index (χ1) is 15.7. The lowest BCUT2D eigenvalue weighted by atomic mass is 10.0. The van der Waals surface area contributed by atoms with Gasteiger partial charge in [0.1, 0.15) is 6.04 Å². The van der Waals surface area contributed by atoms with Crippen molar-refractivity contribution in [3.63, 3.8) is 0 Å². The van der Waals surface area contributed by atoms with Crippen molar-refractivity contribution >= 4 is 27.6 Å². The lowest BCUT2D eigenvalue weighted by Gasteiger charge is -2.24. The lowest BCUT2D eigenvalue weighted by molar-refractivity contribution is -0.140. The fraction of sp³-hybridized carbons (Fsp3) is 0.167. The third-order valence-corrected chi connectivity index (χ3v) is 6.34. The second-order valence-electron chi connectivity index (χ2n) is 7.53. The highest BCUT2D eigenvalue weighted by atomic mass is 32.2. The molecule has 1 atom stereocenters. The Balaban J connectivity index is 1.89. The number of anilines is 1. The number of rotatable bonds is 9. The summed E-state index contributed by atoms with van der Waals surface area (Å²) in [6.45, 7) is 3.36. The molecule has 0 bridgehead atoms. The number of benzene rings is 3. The maximum Gasteiger partial charge on any atom is 0.326 e. The van der Waals surface area contributed by atoms with Crippen molar-refractivity contribution in [3.8, 4) is 5.75 Å². The molecule has 0 saturated heterocycles. The van der Waals surface area contributed by atoms with Crippen LogP contribution in [-0.2, 0) is 14.8 Å². The van der Waals surface area contributed by atoms with Gasteiger partial charge in [-0.1, -0.05) is 54.7 Å². The molecule has 0 saturated carbocycles. The van der Waals surface area contributed by atoms with Gasteiger partial charge in [0.2, 0.25) is 0 Å². The van der Waals surface area contributed by atoms with E-state index in [0.717, 1.165) is 4.47 Å². The molecule has 0 aliphatic heterocycles. The Morgan fingerprint density at radius 3 is 1.94 bits per heavy atom. The number of amides is 1. The maximum atomic E-state index is 13.4. The number of carbonyl (C=O) groups excluding carboxylic acids is 1. The van der Waals surface area contributed by atoms with Crippen molar-refractivity contribution in [2.24, 2.45) is 5.92 Å². The SMILES string of the molecule is CC(C)C(NC(=O)c1ccc(S(=O)(=O)N(Oc2ccccc2)c2ccccc2)cc1)C(=O)O. The highest BCUT2D eigenvalue weighted by Gasteiger charge is 2.28. The van der Waals surface area contributed by atoms with E-state index in [9.17, 15) is 23.1 Å². The van der Waals surface area contributed by atoms with E-state index >= 15 is 0 Å². The van der Waals surface area contributed by atoms with E-state index in [2.05, 4.69) is 5.32 Å². The second kappa shape index (κ2) is 10.2. The van der Waals surface area contributed by atoms with Crippen LogP contribution >= 0.6 is 0 Å². The molecular formula is C24H24N2O6S. The average Bonchev–Trinajstić information content (AvgIpc) is 2.81. The highest BCUT2D eigenvalue weighted by Crippen LogP contribution is 2.26. The van der Waals surface area contributed by atoms with Gasteiger partial charge in [-0.05, 0) is 54.4 Å². The molecule has 0 radical (unpaired) electrons. The highest BCUT2D eigenvalue weighted by molar-refractivity contribution is 7.92. The van der Waals surface area contributed by atoms with Crippen LogP contribution in [0.25, 0.3) is 0 Å². The number of nitrogens with one attached hydrogen (secondary N) is 1. The number of aliphatic carboxylic acids is 1. The van der Waals surface area contributed by atoms with Gasteiger partial charge in [-0.2, -0.15) is 8.42 Å². The van der Waals surface area contributed by atoms with E-state index in [1.807, 2.05) is 0 Å². The summed E-state index contributed by atoms with van der Waals surface area (Å²) in [4.78, 5) is 29.4. The molecule has 172 valence electrons. The van der Waals surface area contributed by atoms with Gasteiger partial charge in [-0.15, -0.1) is 0 Å². The molecule has 3 rings (SSSR count). The lowest BCUT2D eigenvalue weighted by Crippen LogP contribution is -2.44. The molecule has 1 unspecified atom stereocenters. The number of carbonyl (C=O) groups is 2. The van der Waals surface area contributed by atoms with Crippen LogP contribution < -0.4 is 14.6 Å². The van der Waals surface area contributed by atoms with Crippen LogP contribution in [-0.4, -0.2) is 31.4 Å². The summed E-state index contributed by atoms with van der Waals surface area (Å²) in [6.07, 6.45) is 0. The molecule has 3 aromatic rings. The molecule has 8 nitrogen and oxygen atoms in total. The molecule has 0 aliphatic rings. The zero-order valence-corrected chi connectivity index (χ0v) is 18.9. The van der Waals surface area contributed by atoms with Gasteiger partial charge in [0, 0.05) is 5.56 Å². The summed E-state index contributed by atoms with van der Waals surface area (Å²) >= 11 is 0. The standard InChI is InChI=1S/C24H24N2O6S/c1-17(2)22(24(28)29)25-23(27)18-13-15-21(16-14-18)33(30,31)26(19-9-5-3-6-10-19)32-20-11-7-4-8-12-20/h3-17,22H,1-2H3,(H,25,27)(H,28,29). The molecule has 33 heavy (non-hydrogen) atoms. The van der Waals surface area contributed by atoms with Crippen LogP contribution in [0.3, 0.4) is 0 Å². The van der Waals surface area contributed by atoms with E-state index in [4.69, 9.17) is 4.84 Å². The molecule has 0 heterocycles. The Kier molecular flexibility index (Phi) is 7.34. The van der Waals surface area contributed by atoms with Crippen molar-refractivity contribution in [3.05, 3.63) is 90.5 Å². The summed E-state index contributed by atoms with van der Waals surface area (Å²) < 4.78 is 27.6. The average molecular weight is 469 g/mol. The molecular weight excluding hydrogens is 444 g/mol. The van der Waals surface area contributed by atoms with Gasteiger partial charge < -0.3 is 15.3 Å². The quantitative estimate of drug-likeness (QED) is 0.463. The van der Waals surface area contributed by atoms with Crippen LogP contribution in [0.4, 0.5) is 5.69 Å². The number of carboxylic acids is 1. The van der Waals surface area contributed by atoms with Gasteiger partial charge in [0.25, 0.3) is 15.9 Å². The molecule has 0 spiro atoms. The number of hydrogen-bond donors (Lipinski definition) is 2. The van der Waals surface area contributed by atoms with E-state index in [1.54, 1.807) is 74.5 Å². The summed E-state index contributed by atoms with van der Waals surface area (Å²) in [5, 5.41) is 11.7. The fourth-order valence-corrected chi connectivity index (χ4v) is 4.23. The molecule has 0 aliphatic carbocycles. The van der Waals surface area contributed by atoms with E-state index in [1.165, 1.54) is 24.3 Å². The Labute approximate surface area is 192 Å². The molecule has 0 aromatic heterocycles. The number of para-hydroxylation sites is 2. The number of hydrogen-bond acceptors (Lipinski definition) is 5. The second-order valence-corrected chi connectivity index (χ2v) is 9.28. The minimum atomic E-state index is -4.16. The van der Waals surface area contributed by atoms with Gasteiger partial charge in [-0.25, -0.2) is 4.79 Å². The minimum Gasteiger partial charge on any atom is -0.480 e. The number of carboxylic acid groups (broad SMARTS) is 1. The summed E-state index contributed by atoms with van der Waals surface area (Å²) in [6, 6.07) is 21.0. The number of nitrogens with zero attached hydrogens (tertiary/aromatic N) is 1. The summed E-state index contributed by atoms with van der Waals surface area (Å²) in [5.41, 5.74) is 0.431. The van der Waals surface area contributed by atoms with E-state index in [-0.39, 0.29) is 16.4 Å². The monoisotopic (exact) mass is 468 g/mol. The van der Waals surface area contributed by atoms with Crippen LogP contribution in [0.5, 0.6) is 5.75 Å². The Morgan fingerprint density at radius 2 is 1.42 bits per heavy atom. The number of sulfonamides is 1. The van der Waals surface area contributed by atoms with Gasteiger partial charge >= 0.3 is 5.97 Å². The van der Waals surface area contributed by atoms with Crippen LogP contribution in [0.15, 0.2) is 89.8 Å². The normalized spacial score (nSPS) is 12.1. The first kappa shape index (κ1) is 23.8. The van der Waals surface area contributed by atoms with Gasteiger partial charge in [0.05, 0.1) is 10.6 Å². The maximum absolute atomic E-state index is 13.4. The molecule has 0 fully saturated rings. The largest absolute Gasteiger partial charge is 0.480 e. The van der Waals surface area contributed by atoms with Gasteiger partial charge in [0.15, 0.2) is 5.75 Å². The van der Waals surface area contributed by atoms with Crippen LogP contribution in [0, 0.1) is 5.92 Å². The Morgan fingerprint density at radius 1 is 0.879 bits per heavy atom. The van der Waals surface area contributed by atoms with Crippen LogP contribution in [0.2, 0.25) is 0 Å². The van der Waals surface area contributed by atoms with Crippen molar-refractivity contribution < 1.29 is 28.0 Å². The summed E-state index contributed by atoms with van der Waals surface area (Å²) in [7, 11) is -4.16. The Bertz CT molecular complexity index is 1200. The van der Waals surface area contributed by atoms with Gasteiger partial charge in [-0.3, -0.25) is 4.79 Å². The molecule has 3 aromatic carbocycles. The van der Waals surface area contributed by atoms with Crippen molar-refractivity contribution in [2.45, 2.75) is 24.8 Å². The molecule has 1 amide bonds. The topological polar surface area (TPSA) is 113 Å². The Hall–Kier alpha value is -3.85.